The van der Waals surface area contributed by atoms with Crippen LogP contribution in [-0.2, 0) is 37.5 Å². The van der Waals surface area contributed by atoms with Gasteiger partial charge in [-0.15, -0.1) is 0 Å². The van der Waals surface area contributed by atoms with E-state index in [2.05, 4.69) is 113 Å². The van der Waals surface area contributed by atoms with Crippen LogP contribution in [0.15, 0.2) is 65.7 Å². The number of halogens is 6. The molecule has 41 heavy (non-hydrogen) atoms. The number of hydrogen-bond donors (Lipinski definition) is 0. The largest absolute Gasteiger partial charge is 2.00 e. The summed E-state index contributed by atoms with van der Waals surface area (Å²) in [5.41, 5.74) is 0.443. The van der Waals surface area contributed by atoms with Gasteiger partial charge < -0.3 is 0 Å². The molecule has 2 aromatic carbocycles. The smallest absolute Gasteiger partial charge is 0.0499 e. The maximum absolute atomic E-state index is 10.7. The summed E-state index contributed by atoms with van der Waals surface area (Å²) in [6, 6.07) is 21.8. The molecule has 0 heterocycles. The third-order valence-electron chi connectivity index (χ3n) is 4.76. The standard InChI is InChI=1S/C22H23NP.C5H5.C3H5.F6P.Fe.Pd/c1-3-23-17-19-11-10-16-22(19)18(2)24(20-12-6-4-7-13-20)21-14-8-5-9-15-21;1-2-4-5-3-1;1-3-2;1-7(2,3,4,5)6;;/h4-18H,3H2,1-2H3;1-5H;3H,1-2H2;;;/q;;;-1;2*+2/t18-;;;;;/m0...../s1. The molecular weight excluding hydrogens is 713 g/mol. The predicted molar refractivity (Wildman–Crippen MR) is 157 cm³/mol. The number of hydrogen-bond acceptors (Lipinski definition) is 1. The molecule has 2 aliphatic carbocycles. The molecule has 0 unspecified atom stereocenters. The van der Waals surface area contributed by atoms with Gasteiger partial charge in [-0.05, 0) is 103 Å². The molecule has 1 atom stereocenters. The Kier molecular flexibility index (Phi) is 20.8. The van der Waals surface area contributed by atoms with Gasteiger partial charge in [0.15, 0.2) is 0 Å². The van der Waals surface area contributed by atoms with E-state index < -0.39 is 15.7 Å². The second kappa shape index (κ2) is 19.9. The average Bonchev–Trinajstić information content (AvgIpc) is 3.58. The van der Waals surface area contributed by atoms with Crippen LogP contribution in [0.4, 0.5) is 25.2 Å². The van der Waals surface area contributed by atoms with Crippen LogP contribution in [0.3, 0.4) is 0 Å². The number of aliphatic imine (C=N–C) groups is 1. The van der Waals surface area contributed by atoms with Crippen molar-refractivity contribution in [2.24, 2.45) is 4.99 Å². The Morgan fingerprint density at radius 1 is 0.756 bits per heavy atom. The monoisotopic (exact) mass is 745 g/mol. The van der Waals surface area contributed by atoms with Crippen LogP contribution in [-0.4, -0.2) is 18.4 Å². The molecule has 2 saturated carbocycles. The Morgan fingerprint density at radius 2 is 1.12 bits per heavy atom. The van der Waals surface area contributed by atoms with Gasteiger partial charge >= 0.3 is 70.5 Å². The second-order valence-corrected chi connectivity index (χ2v) is 12.5. The minimum absolute atomic E-state index is 0. The molecule has 1 nitrogen and oxygen atoms in total. The number of benzene rings is 2. The molecule has 13 radical (unpaired) electrons. The summed E-state index contributed by atoms with van der Waals surface area (Å²) < 4.78 is 59.2. The molecule has 0 N–H and O–H groups in total. The first-order valence-corrected chi connectivity index (χ1v) is 15.4. The van der Waals surface area contributed by atoms with Crippen molar-refractivity contribution in [1.29, 1.82) is 0 Å². The molecule has 11 heteroatoms. The molecule has 225 valence electrons. The van der Waals surface area contributed by atoms with E-state index in [9.17, 15) is 25.2 Å². The maximum atomic E-state index is 9.87. The fourth-order valence-electron chi connectivity index (χ4n) is 3.37. The molecule has 0 aliphatic heterocycles. The molecule has 2 aliphatic rings. The van der Waals surface area contributed by atoms with Gasteiger partial charge in [-0.25, -0.2) is 0 Å². The topological polar surface area (TPSA) is 12.4 Å². The van der Waals surface area contributed by atoms with Crippen molar-refractivity contribution in [3.8, 4) is 0 Å². The van der Waals surface area contributed by atoms with Crippen molar-refractivity contribution in [2.75, 3.05) is 6.54 Å². The van der Waals surface area contributed by atoms with E-state index in [0.717, 1.165) is 6.54 Å². The Balaban J connectivity index is 0. The van der Waals surface area contributed by atoms with Crippen LogP contribution in [0.1, 0.15) is 13.8 Å². The molecule has 0 bridgehead atoms. The summed E-state index contributed by atoms with van der Waals surface area (Å²) in [5, 5.41) is 2.84. The van der Waals surface area contributed by atoms with Crippen LogP contribution in [0, 0.1) is 83.5 Å². The van der Waals surface area contributed by atoms with Gasteiger partial charge in [0.05, 0.1) is 0 Å². The molecule has 2 fully saturated rings. The van der Waals surface area contributed by atoms with E-state index in [1.54, 1.807) is 0 Å². The van der Waals surface area contributed by atoms with Crippen molar-refractivity contribution in [1.82, 2.24) is 0 Å². The Morgan fingerprint density at radius 3 is 1.46 bits per heavy atom. The molecule has 0 amide bonds. The van der Waals surface area contributed by atoms with Crippen LogP contribution >= 0.6 is 15.7 Å². The van der Waals surface area contributed by atoms with E-state index in [1.165, 1.54) is 28.9 Å². The zero-order valence-electron chi connectivity index (χ0n) is 22.5. The normalized spacial score (nSPS) is 17.7. The van der Waals surface area contributed by atoms with E-state index in [-0.39, 0.29) is 37.5 Å². The average molecular weight is 746 g/mol. The van der Waals surface area contributed by atoms with Gasteiger partial charge in [0.25, 0.3) is 0 Å². The Hall–Kier alpha value is -0.268. The summed E-state index contributed by atoms with van der Waals surface area (Å²) in [5.74, 6) is 2.65. The first-order chi connectivity index (χ1) is 18.2. The fourth-order valence-corrected chi connectivity index (χ4v) is 6.06. The third-order valence-corrected chi connectivity index (χ3v) is 7.52. The molecule has 0 saturated heterocycles. The van der Waals surface area contributed by atoms with E-state index in [1.807, 2.05) is 38.3 Å². The Labute approximate surface area is 269 Å². The summed E-state index contributed by atoms with van der Waals surface area (Å²) in [7, 11) is -11.1. The van der Waals surface area contributed by atoms with Crippen molar-refractivity contribution >= 4 is 32.6 Å². The summed E-state index contributed by atoms with van der Waals surface area (Å²) in [6.07, 6.45) is 20.1. The van der Waals surface area contributed by atoms with Crippen LogP contribution in [0.2, 0.25) is 0 Å². The van der Waals surface area contributed by atoms with Crippen molar-refractivity contribution in [3.63, 3.8) is 0 Å². The maximum Gasteiger partial charge on any atom is 2.00 e. The molecular formula is C30H33F6FeNP2Pd+3. The molecule has 0 aromatic heterocycles. The van der Waals surface area contributed by atoms with E-state index in [0.29, 0.717) is 5.66 Å². The first-order valence-electron chi connectivity index (χ1n) is 12.0. The number of rotatable bonds is 6. The van der Waals surface area contributed by atoms with Crippen LogP contribution < -0.4 is 10.6 Å². The molecule has 2 aromatic rings. The molecule has 0 spiro atoms. The van der Waals surface area contributed by atoms with Gasteiger partial charge in [-0.3, -0.25) is 4.99 Å². The van der Waals surface area contributed by atoms with E-state index in [4.69, 9.17) is 0 Å². The van der Waals surface area contributed by atoms with Gasteiger partial charge in [0.1, 0.15) is 0 Å². The van der Waals surface area contributed by atoms with Gasteiger partial charge in [-0.1, -0.05) is 67.6 Å². The van der Waals surface area contributed by atoms with Gasteiger partial charge in [-0.2, -0.15) is 0 Å². The van der Waals surface area contributed by atoms with Crippen molar-refractivity contribution < 1.29 is 62.7 Å². The summed E-state index contributed by atoms with van der Waals surface area (Å²) in [6.45, 7) is 11.7. The number of nitrogens with zero attached hydrogens (tertiary/aromatic N) is 1. The van der Waals surface area contributed by atoms with Crippen molar-refractivity contribution in [3.05, 3.63) is 144 Å². The predicted octanol–water partition coefficient (Wildman–Crippen LogP) is 9.63. The fraction of sp³-hybridized carbons (Fsp3) is 0.133. The van der Waals surface area contributed by atoms with Crippen LogP contribution in [0.5, 0.6) is 0 Å². The first kappa shape index (κ1) is 42.9. The summed E-state index contributed by atoms with van der Waals surface area (Å²) >= 11 is 0. The zero-order chi connectivity index (χ0) is 29.4. The minimum Gasteiger partial charge on any atom is -0.0499 e. The minimum atomic E-state index is -10.7. The third kappa shape index (κ3) is 22.0. The van der Waals surface area contributed by atoms with Crippen LogP contribution in [0.25, 0.3) is 0 Å². The van der Waals surface area contributed by atoms with Crippen molar-refractivity contribution in [2.45, 2.75) is 19.5 Å². The Bertz CT molecular complexity index is 888. The van der Waals surface area contributed by atoms with E-state index >= 15 is 0 Å². The van der Waals surface area contributed by atoms with Gasteiger partial charge in [0, 0.05) is 24.6 Å². The van der Waals surface area contributed by atoms with Gasteiger partial charge in [0.2, 0.25) is 0 Å². The second-order valence-electron chi connectivity index (χ2n) is 7.99. The zero-order valence-corrected chi connectivity index (χ0v) is 27.0. The SMILES string of the molecule is CCN=C[C]1[CH][CH][CH][C]1[C@H](C)P(c1ccccc1)c1ccccc1.F[P-](F)(F)(F)(F)F.[CH2][CH][CH2].[CH]1[CH][CH][CH][CH]1.[Fe+2].[Pd+2]. The quantitative estimate of drug-likeness (QED) is 0.121. The molecule has 4 rings (SSSR count). The summed E-state index contributed by atoms with van der Waals surface area (Å²) in [4.78, 5) is 4.44.